The van der Waals surface area contributed by atoms with Crippen molar-refractivity contribution in [3.8, 4) is 11.5 Å². The van der Waals surface area contributed by atoms with Gasteiger partial charge in [0.2, 0.25) is 5.17 Å². The van der Waals surface area contributed by atoms with E-state index in [1.165, 1.54) is 22.3 Å². The van der Waals surface area contributed by atoms with Crippen LogP contribution in [-0.2, 0) is 17.1 Å². The minimum atomic E-state index is -0.437. The van der Waals surface area contributed by atoms with E-state index in [0.29, 0.717) is 18.3 Å². The molecule has 4 aromatic rings. The SMILES string of the molecule is COc1ccc(OCCn2cc(C=C3C(=N)N4N=C(SCc5ccccc5)SC4=NC3=O)c3ccccc32)cc1. The molecule has 3 heterocycles. The second-order valence-electron chi connectivity index (χ2n) is 8.98. The molecule has 0 spiro atoms. The van der Waals surface area contributed by atoms with Crippen molar-refractivity contribution >= 4 is 61.8 Å². The highest BCUT2D eigenvalue weighted by Crippen LogP contribution is 2.34. The third kappa shape index (κ3) is 5.41. The lowest BCUT2D eigenvalue weighted by atomic mass is 10.1. The molecule has 0 fully saturated rings. The van der Waals surface area contributed by atoms with E-state index in [-0.39, 0.29) is 11.4 Å². The average Bonchev–Trinajstić information content (AvgIpc) is 3.56. The number of rotatable bonds is 8. The Bertz CT molecular complexity index is 1680. The Morgan fingerprint density at radius 2 is 1.75 bits per heavy atom. The number of aliphatic imine (C=N–C) groups is 1. The summed E-state index contributed by atoms with van der Waals surface area (Å²) < 4.78 is 14.0. The lowest BCUT2D eigenvalue weighted by molar-refractivity contribution is -0.114. The summed E-state index contributed by atoms with van der Waals surface area (Å²) in [6.07, 6.45) is 3.72. The molecule has 2 aliphatic rings. The summed E-state index contributed by atoms with van der Waals surface area (Å²) in [6.45, 7) is 1.07. The van der Waals surface area contributed by atoms with Crippen molar-refractivity contribution in [2.45, 2.75) is 12.3 Å². The van der Waals surface area contributed by atoms with Crippen LogP contribution < -0.4 is 9.47 Å². The molecule has 0 bridgehead atoms. The predicted molar refractivity (Wildman–Crippen MR) is 163 cm³/mol. The van der Waals surface area contributed by atoms with E-state index < -0.39 is 5.91 Å². The molecular formula is C30H25N5O3S2. The van der Waals surface area contributed by atoms with Crippen LogP contribution in [-0.4, -0.2) is 44.6 Å². The molecule has 0 radical (unpaired) electrons. The fourth-order valence-electron chi connectivity index (χ4n) is 4.42. The molecule has 0 saturated carbocycles. The molecule has 0 aliphatic carbocycles. The van der Waals surface area contributed by atoms with Crippen LogP contribution in [0.4, 0.5) is 0 Å². The highest BCUT2D eigenvalue weighted by molar-refractivity contribution is 8.45. The van der Waals surface area contributed by atoms with Crippen molar-refractivity contribution in [2.75, 3.05) is 13.7 Å². The molecule has 0 saturated heterocycles. The van der Waals surface area contributed by atoms with Crippen molar-refractivity contribution in [2.24, 2.45) is 10.1 Å². The number of amides is 1. The lowest BCUT2D eigenvalue weighted by Crippen LogP contribution is -2.35. The highest BCUT2D eigenvalue weighted by Gasteiger charge is 2.36. The Morgan fingerprint density at radius 1 is 1.00 bits per heavy atom. The minimum Gasteiger partial charge on any atom is -0.497 e. The van der Waals surface area contributed by atoms with Gasteiger partial charge in [-0.05, 0) is 53.7 Å². The van der Waals surface area contributed by atoms with Gasteiger partial charge >= 0.3 is 0 Å². The topological polar surface area (TPSA) is 92.3 Å². The molecule has 6 rings (SSSR count). The van der Waals surface area contributed by atoms with E-state index in [4.69, 9.17) is 14.9 Å². The van der Waals surface area contributed by atoms with Gasteiger partial charge in [-0.15, -0.1) is 5.10 Å². The third-order valence-electron chi connectivity index (χ3n) is 6.42. The van der Waals surface area contributed by atoms with Gasteiger partial charge in [0.25, 0.3) is 5.91 Å². The van der Waals surface area contributed by atoms with Crippen molar-refractivity contribution in [1.29, 1.82) is 5.41 Å². The number of nitrogens with one attached hydrogen (secondary N) is 1. The zero-order valence-electron chi connectivity index (χ0n) is 21.6. The van der Waals surface area contributed by atoms with Gasteiger partial charge in [0.05, 0.1) is 19.2 Å². The maximum atomic E-state index is 13.0. The van der Waals surface area contributed by atoms with E-state index >= 15 is 0 Å². The van der Waals surface area contributed by atoms with Crippen LogP contribution in [0.1, 0.15) is 11.1 Å². The van der Waals surface area contributed by atoms with Crippen LogP contribution in [0, 0.1) is 5.41 Å². The van der Waals surface area contributed by atoms with E-state index in [1.54, 1.807) is 24.9 Å². The van der Waals surface area contributed by atoms with Gasteiger partial charge in [0.1, 0.15) is 18.1 Å². The summed E-state index contributed by atoms with van der Waals surface area (Å²) in [5.41, 5.74) is 3.24. The number of hydrazone groups is 1. The highest BCUT2D eigenvalue weighted by atomic mass is 32.2. The molecule has 10 heteroatoms. The smallest absolute Gasteiger partial charge is 0.283 e. The zero-order valence-corrected chi connectivity index (χ0v) is 23.2. The zero-order chi connectivity index (χ0) is 27.5. The molecule has 40 heavy (non-hydrogen) atoms. The normalized spacial score (nSPS) is 15.8. The second kappa shape index (κ2) is 11.4. The quantitative estimate of drug-likeness (QED) is 0.254. The first-order chi connectivity index (χ1) is 19.6. The number of nitrogens with zero attached hydrogens (tertiary/aromatic N) is 4. The number of hydrogen-bond acceptors (Lipinski definition) is 7. The first kappa shape index (κ1) is 26.0. The number of aromatic nitrogens is 1. The van der Waals surface area contributed by atoms with Gasteiger partial charge in [-0.3, -0.25) is 10.2 Å². The van der Waals surface area contributed by atoms with Crippen molar-refractivity contribution < 1.29 is 14.3 Å². The molecule has 1 N–H and O–H groups in total. The predicted octanol–water partition coefficient (Wildman–Crippen LogP) is 6.24. The molecule has 1 aromatic heterocycles. The van der Waals surface area contributed by atoms with Crippen molar-refractivity contribution in [1.82, 2.24) is 9.58 Å². The minimum absolute atomic E-state index is 0.0254. The van der Waals surface area contributed by atoms with Crippen LogP contribution >= 0.6 is 23.5 Å². The number of para-hydroxylation sites is 1. The largest absolute Gasteiger partial charge is 0.497 e. The van der Waals surface area contributed by atoms with E-state index in [1.807, 2.05) is 72.9 Å². The van der Waals surface area contributed by atoms with Gasteiger partial charge in [0.15, 0.2) is 10.2 Å². The number of carbonyl (C=O) groups is 1. The standard InChI is InChI=1S/C30H25N5O3S2/c1-37-22-11-13-23(14-12-22)38-16-15-34-18-21(24-9-5-6-10-26(24)34)17-25-27(31)35-29(32-28(25)36)40-30(33-35)39-19-20-7-3-2-4-8-20/h2-14,17-18,31H,15-16,19H2,1H3. The second-order valence-corrected chi connectivity index (χ2v) is 11.2. The van der Waals surface area contributed by atoms with Crippen LogP contribution in [0.15, 0.2) is 101 Å². The monoisotopic (exact) mass is 567 g/mol. The lowest BCUT2D eigenvalue weighted by Gasteiger charge is -2.20. The van der Waals surface area contributed by atoms with Crippen LogP contribution in [0.5, 0.6) is 11.5 Å². The maximum absolute atomic E-state index is 13.0. The van der Waals surface area contributed by atoms with Crippen LogP contribution in [0.3, 0.4) is 0 Å². The average molecular weight is 568 g/mol. The first-order valence-electron chi connectivity index (χ1n) is 12.6. The molecule has 3 aromatic carbocycles. The molecule has 1 amide bonds. The Kier molecular flexibility index (Phi) is 7.43. The fraction of sp³-hybridized carbons (Fsp3) is 0.133. The van der Waals surface area contributed by atoms with Crippen LogP contribution in [0.25, 0.3) is 17.0 Å². The summed E-state index contributed by atoms with van der Waals surface area (Å²) in [6, 6.07) is 25.6. The van der Waals surface area contributed by atoms with E-state index in [9.17, 15) is 4.79 Å². The molecule has 0 unspecified atom stereocenters. The van der Waals surface area contributed by atoms with Crippen molar-refractivity contribution in [3.05, 3.63) is 102 Å². The summed E-state index contributed by atoms with van der Waals surface area (Å²) in [5.74, 6) is 1.88. The maximum Gasteiger partial charge on any atom is 0.283 e. The number of methoxy groups -OCH3 is 1. The molecule has 2 aliphatic heterocycles. The Labute approximate surface area is 239 Å². The van der Waals surface area contributed by atoms with Crippen molar-refractivity contribution in [3.63, 3.8) is 0 Å². The summed E-state index contributed by atoms with van der Waals surface area (Å²) >= 11 is 2.89. The van der Waals surface area contributed by atoms with Gasteiger partial charge in [0, 0.05) is 28.4 Å². The third-order valence-corrected chi connectivity index (χ3v) is 8.53. The number of amidine groups is 2. The number of ether oxygens (including phenoxy) is 2. The first-order valence-corrected chi connectivity index (χ1v) is 14.4. The Morgan fingerprint density at radius 3 is 2.55 bits per heavy atom. The van der Waals surface area contributed by atoms with Gasteiger partial charge < -0.3 is 14.0 Å². The number of carbonyl (C=O) groups excluding carboxylic acids is 1. The summed E-state index contributed by atoms with van der Waals surface area (Å²) in [4.78, 5) is 17.3. The van der Waals surface area contributed by atoms with Gasteiger partial charge in [-0.2, -0.15) is 10.0 Å². The molecular weight excluding hydrogens is 542 g/mol. The fourth-order valence-corrected chi connectivity index (χ4v) is 6.30. The number of fused-ring (bicyclic) bond motifs is 2. The summed E-state index contributed by atoms with van der Waals surface area (Å²) in [5, 5.41) is 16.2. The Hall–Kier alpha value is -4.28. The van der Waals surface area contributed by atoms with Gasteiger partial charge in [-0.1, -0.05) is 60.3 Å². The number of hydrogen-bond donors (Lipinski definition) is 1. The van der Waals surface area contributed by atoms with E-state index in [2.05, 4.69) is 26.8 Å². The molecule has 0 atom stereocenters. The molecule has 8 nitrogen and oxygen atoms in total. The summed E-state index contributed by atoms with van der Waals surface area (Å²) in [7, 11) is 1.63. The van der Waals surface area contributed by atoms with Crippen LogP contribution in [0.2, 0.25) is 0 Å². The number of benzene rings is 3. The Balaban J connectivity index is 1.20. The molecule has 200 valence electrons. The van der Waals surface area contributed by atoms with E-state index in [0.717, 1.165) is 38.1 Å². The number of thioether (sulfide) groups is 2. The van der Waals surface area contributed by atoms with Gasteiger partial charge in [-0.25, -0.2) is 0 Å².